The first-order valence-corrected chi connectivity index (χ1v) is 11.4. The Morgan fingerprint density at radius 3 is 1.44 bits per heavy atom. The molecule has 1 aromatic rings. The van der Waals surface area contributed by atoms with Gasteiger partial charge in [-0.25, -0.2) is 0 Å². The predicted molar refractivity (Wildman–Crippen MR) is 119 cm³/mol. The summed E-state index contributed by atoms with van der Waals surface area (Å²) in [4.78, 5) is 3.19. The molecule has 0 aliphatic heterocycles. The number of unbranched alkanes of at least 4 members (excludes halogenated alkanes) is 15. The molecule has 0 aliphatic rings. The number of hydrogen-bond donors (Lipinski definition) is 0. The van der Waals surface area contributed by atoms with Gasteiger partial charge in [0, 0.05) is 12.1 Å². The number of hydrogen-bond acceptors (Lipinski definition) is 1. The molecular formula is C25H41N2+. The minimum Gasteiger partial charge on any atom is -0.103 e. The molecule has 0 spiro atoms. The van der Waals surface area contributed by atoms with E-state index < -0.39 is 0 Å². The molecule has 0 atom stereocenters. The molecule has 0 saturated carbocycles. The molecule has 2 heteroatoms. The summed E-state index contributed by atoms with van der Waals surface area (Å²) in [6.07, 6.45) is 25.3. The maximum atomic E-state index is 8.68. The molecule has 0 aliphatic carbocycles. The van der Waals surface area contributed by atoms with Crippen LogP contribution in [0, 0.1) is 5.39 Å². The van der Waals surface area contributed by atoms with E-state index >= 15 is 0 Å². The van der Waals surface area contributed by atoms with Crippen LogP contribution in [0.25, 0.3) is 4.98 Å². The Kier molecular flexibility index (Phi) is 15.4. The predicted octanol–water partition coefficient (Wildman–Crippen LogP) is 9.14. The van der Waals surface area contributed by atoms with Gasteiger partial charge in [-0.15, -0.1) is 6.58 Å². The van der Waals surface area contributed by atoms with Crippen molar-refractivity contribution in [2.24, 2.45) is 0 Å². The van der Waals surface area contributed by atoms with Crippen LogP contribution in [0.2, 0.25) is 0 Å². The van der Waals surface area contributed by atoms with E-state index in [9.17, 15) is 0 Å². The van der Waals surface area contributed by atoms with Crippen LogP contribution in [0.5, 0.6) is 0 Å². The molecule has 0 aromatic heterocycles. The van der Waals surface area contributed by atoms with Gasteiger partial charge in [0.25, 0.3) is 0 Å². The Morgan fingerprint density at radius 1 is 0.630 bits per heavy atom. The average Bonchev–Trinajstić information content (AvgIpc) is 2.70. The van der Waals surface area contributed by atoms with Gasteiger partial charge in [0.2, 0.25) is 5.39 Å². The molecule has 1 aromatic carbocycles. The van der Waals surface area contributed by atoms with Crippen molar-refractivity contribution in [1.82, 2.24) is 0 Å². The van der Waals surface area contributed by atoms with Crippen LogP contribution in [-0.4, -0.2) is 0 Å². The van der Waals surface area contributed by atoms with Crippen LogP contribution < -0.4 is 0 Å². The molecule has 0 amide bonds. The molecule has 0 N–H and O–H groups in total. The van der Waals surface area contributed by atoms with Crippen molar-refractivity contribution < 1.29 is 0 Å². The maximum Gasteiger partial charge on any atom is 0.385 e. The number of rotatable bonds is 18. The van der Waals surface area contributed by atoms with Crippen molar-refractivity contribution in [3.05, 3.63) is 47.5 Å². The van der Waals surface area contributed by atoms with E-state index in [2.05, 4.69) is 23.7 Å². The largest absolute Gasteiger partial charge is 0.385 e. The summed E-state index contributed by atoms with van der Waals surface area (Å²) in [6, 6.07) is 7.88. The molecule has 0 heterocycles. The van der Waals surface area contributed by atoms with Gasteiger partial charge in [0.1, 0.15) is 0 Å². The lowest BCUT2D eigenvalue weighted by molar-refractivity contribution is 0.531. The third kappa shape index (κ3) is 14.1. The van der Waals surface area contributed by atoms with Crippen molar-refractivity contribution in [2.45, 2.75) is 109 Å². The zero-order valence-corrected chi connectivity index (χ0v) is 17.5. The van der Waals surface area contributed by atoms with E-state index in [0.717, 1.165) is 6.42 Å². The highest BCUT2D eigenvalue weighted by molar-refractivity contribution is 5.44. The molecule has 0 unspecified atom stereocenters. The van der Waals surface area contributed by atoms with Crippen molar-refractivity contribution >= 4 is 5.69 Å². The van der Waals surface area contributed by atoms with E-state index in [0.29, 0.717) is 5.69 Å². The van der Waals surface area contributed by atoms with Crippen LogP contribution in [0.4, 0.5) is 5.69 Å². The number of aryl methyl sites for hydroxylation is 1. The quantitative estimate of drug-likeness (QED) is 0.144. The van der Waals surface area contributed by atoms with E-state index in [4.69, 9.17) is 5.39 Å². The Bertz CT molecular complexity index is 498. The molecule has 0 bridgehead atoms. The SMILES string of the molecule is C=CCCCCCCCCCCCCCCCCCc1ccc([N+]#N)cc1. The molecule has 0 radical (unpaired) electrons. The van der Waals surface area contributed by atoms with Crippen LogP contribution in [-0.2, 0) is 6.42 Å². The zero-order chi connectivity index (χ0) is 19.4. The molecule has 27 heavy (non-hydrogen) atoms. The van der Waals surface area contributed by atoms with Crippen molar-refractivity contribution in [3.8, 4) is 0 Å². The molecule has 150 valence electrons. The molecular weight excluding hydrogens is 328 g/mol. The minimum absolute atomic E-state index is 0.637. The first kappa shape index (κ1) is 23.4. The molecule has 1 rings (SSSR count). The van der Waals surface area contributed by atoms with Crippen LogP contribution in [0.3, 0.4) is 0 Å². The first-order valence-electron chi connectivity index (χ1n) is 11.4. The highest BCUT2D eigenvalue weighted by Crippen LogP contribution is 2.16. The lowest BCUT2D eigenvalue weighted by Gasteiger charge is -2.04. The summed E-state index contributed by atoms with van der Waals surface area (Å²) < 4.78 is 0. The van der Waals surface area contributed by atoms with E-state index in [1.54, 1.807) is 0 Å². The smallest absolute Gasteiger partial charge is 0.103 e. The van der Waals surface area contributed by atoms with E-state index in [1.807, 2.05) is 18.2 Å². The van der Waals surface area contributed by atoms with Gasteiger partial charge in [0.05, 0.1) is 0 Å². The van der Waals surface area contributed by atoms with Gasteiger partial charge in [0.15, 0.2) is 4.98 Å². The van der Waals surface area contributed by atoms with Gasteiger partial charge >= 0.3 is 5.69 Å². The zero-order valence-electron chi connectivity index (χ0n) is 17.5. The third-order valence-corrected chi connectivity index (χ3v) is 5.43. The van der Waals surface area contributed by atoms with E-state index in [-0.39, 0.29) is 0 Å². The summed E-state index contributed by atoms with van der Waals surface area (Å²) in [5.74, 6) is 0. The fraction of sp³-hybridized carbons (Fsp3) is 0.680. The number of allylic oxidation sites excluding steroid dienone is 1. The standard InChI is InChI=1S/C25H41N2/c1-2-3-4-5-6-7-8-9-10-11-12-13-14-15-16-17-18-19-24-20-22-25(27-26)23-21-24/h2,20-23H,1,3-19H2/q+1. The number of nitrogens with zero attached hydrogens (tertiary/aromatic N) is 2. The van der Waals surface area contributed by atoms with Gasteiger partial charge < -0.3 is 0 Å². The van der Waals surface area contributed by atoms with Gasteiger partial charge in [-0.2, -0.15) is 0 Å². The normalized spacial score (nSPS) is 10.6. The highest BCUT2D eigenvalue weighted by atomic mass is 14.8. The summed E-state index contributed by atoms with van der Waals surface area (Å²) >= 11 is 0. The summed E-state index contributed by atoms with van der Waals surface area (Å²) in [7, 11) is 0. The lowest BCUT2D eigenvalue weighted by atomic mass is 10.0. The lowest BCUT2D eigenvalue weighted by Crippen LogP contribution is -1.86. The first-order chi connectivity index (χ1) is 13.4. The van der Waals surface area contributed by atoms with Crippen LogP contribution >= 0.6 is 0 Å². The second-order valence-corrected chi connectivity index (χ2v) is 7.90. The molecule has 0 saturated heterocycles. The second-order valence-electron chi connectivity index (χ2n) is 7.90. The number of benzene rings is 1. The van der Waals surface area contributed by atoms with Crippen LogP contribution in [0.15, 0.2) is 36.9 Å². The Hall–Kier alpha value is -1.62. The Morgan fingerprint density at radius 2 is 1.04 bits per heavy atom. The number of diazo groups is 1. The van der Waals surface area contributed by atoms with E-state index in [1.165, 1.54) is 108 Å². The Labute approximate surface area is 168 Å². The topological polar surface area (TPSA) is 28.1 Å². The molecule has 0 fully saturated rings. The summed E-state index contributed by atoms with van der Waals surface area (Å²) in [5, 5.41) is 8.68. The monoisotopic (exact) mass is 369 g/mol. The fourth-order valence-corrected chi connectivity index (χ4v) is 3.65. The summed E-state index contributed by atoms with van der Waals surface area (Å²) in [6.45, 7) is 3.78. The highest BCUT2D eigenvalue weighted by Gasteiger charge is 2.02. The minimum atomic E-state index is 0.637. The van der Waals surface area contributed by atoms with Gasteiger partial charge in [-0.05, 0) is 31.2 Å². The van der Waals surface area contributed by atoms with Crippen molar-refractivity contribution in [2.75, 3.05) is 0 Å². The van der Waals surface area contributed by atoms with Crippen LogP contribution in [0.1, 0.15) is 108 Å². The fourth-order valence-electron chi connectivity index (χ4n) is 3.65. The van der Waals surface area contributed by atoms with Gasteiger partial charge in [-0.1, -0.05) is 102 Å². The average molecular weight is 370 g/mol. The maximum absolute atomic E-state index is 8.68. The van der Waals surface area contributed by atoms with Crippen molar-refractivity contribution in [3.63, 3.8) is 0 Å². The third-order valence-electron chi connectivity index (χ3n) is 5.43. The Balaban J connectivity index is 1.76. The molecule has 2 nitrogen and oxygen atoms in total. The van der Waals surface area contributed by atoms with Crippen molar-refractivity contribution in [1.29, 1.82) is 5.39 Å². The summed E-state index contributed by atoms with van der Waals surface area (Å²) in [5.41, 5.74) is 1.98. The van der Waals surface area contributed by atoms with Gasteiger partial charge in [-0.3, -0.25) is 0 Å². The second kappa shape index (κ2) is 17.8.